The van der Waals surface area contributed by atoms with Crippen LogP contribution in [0.2, 0.25) is 0 Å². The maximum Gasteiger partial charge on any atom is 0.0386 e. The summed E-state index contributed by atoms with van der Waals surface area (Å²) in [7, 11) is 0. The molecule has 2 heteroatoms. The Morgan fingerprint density at radius 1 is 1.12 bits per heavy atom. The highest BCUT2D eigenvalue weighted by Gasteiger charge is 2.17. The van der Waals surface area contributed by atoms with E-state index in [-0.39, 0.29) is 0 Å². The Labute approximate surface area is 104 Å². The molecule has 1 aromatic carbocycles. The van der Waals surface area contributed by atoms with E-state index in [9.17, 15) is 0 Å². The van der Waals surface area contributed by atoms with Crippen molar-refractivity contribution in [3.8, 4) is 0 Å². The van der Waals surface area contributed by atoms with Crippen molar-refractivity contribution in [3.63, 3.8) is 0 Å². The lowest BCUT2D eigenvalue weighted by molar-refractivity contribution is 0.479. The first-order chi connectivity index (χ1) is 8.43. The van der Waals surface area contributed by atoms with Gasteiger partial charge in [-0.3, -0.25) is 0 Å². The first kappa shape index (κ1) is 11.1. The molecule has 1 aromatic rings. The van der Waals surface area contributed by atoms with Crippen molar-refractivity contribution < 1.29 is 0 Å². The van der Waals surface area contributed by atoms with E-state index in [2.05, 4.69) is 28.8 Å². The van der Waals surface area contributed by atoms with E-state index in [1.54, 1.807) is 11.1 Å². The number of anilines is 1. The second-order valence-electron chi connectivity index (χ2n) is 5.34. The SMILES string of the molecule is c1cc2c(c(NC3CCCNC3)c1)CCCC2. The third-order valence-corrected chi connectivity index (χ3v) is 4.05. The van der Waals surface area contributed by atoms with E-state index in [0.717, 1.165) is 6.54 Å². The summed E-state index contributed by atoms with van der Waals surface area (Å²) >= 11 is 0. The monoisotopic (exact) mass is 230 g/mol. The lowest BCUT2D eigenvalue weighted by Gasteiger charge is -2.27. The Kier molecular flexibility index (Phi) is 3.32. The molecule has 0 radical (unpaired) electrons. The van der Waals surface area contributed by atoms with Gasteiger partial charge in [-0.1, -0.05) is 12.1 Å². The van der Waals surface area contributed by atoms with Crippen LogP contribution in [-0.4, -0.2) is 19.1 Å². The molecule has 1 atom stereocenters. The minimum Gasteiger partial charge on any atom is -0.381 e. The molecule has 1 unspecified atom stereocenters. The molecule has 1 saturated heterocycles. The lowest BCUT2D eigenvalue weighted by atomic mass is 9.90. The van der Waals surface area contributed by atoms with Crippen LogP contribution in [-0.2, 0) is 12.8 Å². The second-order valence-corrected chi connectivity index (χ2v) is 5.34. The summed E-state index contributed by atoms with van der Waals surface area (Å²) in [6.45, 7) is 2.30. The predicted molar refractivity (Wildman–Crippen MR) is 72.6 cm³/mol. The smallest absolute Gasteiger partial charge is 0.0386 e. The zero-order valence-electron chi connectivity index (χ0n) is 10.5. The molecule has 0 amide bonds. The van der Waals surface area contributed by atoms with E-state index in [1.807, 2.05) is 0 Å². The predicted octanol–water partition coefficient (Wildman–Crippen LogP) is 2.73. The van der Waals surface area contributed by atoms with Crippen LogP contribution in [0.25, 0.3) is 0 Å². The normalized spacial score (nSPS) is 24.1. The summed E-state index contributed by atoms with van der Waals surface area (Å²) in [5.41, 5.74) is 4.56. The van der Waals surface area contributed by atoms with Crippen molar-refractivity contribution in [2.45, 2.75) is 44.6 Å². The first-order valence-electron chi connectivity index (χ1n) is 7.01. The van der Waals surface area contributed by atoms with E-state index in [4.69, 9.17) is 0 Å². The van der Waals surface area contributed by atoms with Crippen molar-refractivity contribution in [1.29, 1.82) is 0 Å². The Balaban J connectivity index is 1.77. The van der Waals surface area contributed by atoms with Crippen LogP contribution in [0.15, 0.2) is 18.2 Å². The molecule has 0 spiro atoms. The van der Waals surface area contributed by atoms with Crippen molar-refractivity contribution in [2.24, 2.45) is 0 Å². The molecule has 3 rings (SSSR count). The maximum atomic E-state index is 3.75. The number of hydrogen-bond donors (Lipinski definition) is 2. The maximum absolute atomic E-state index is 3.75. The van der Waals surface area contributed by atoms with Gasteiger partial charge in [0.2, 0.25) is 0 Å². The van der Waals surface area contributed by atoms with Gasteiger partial charge in [0, 0.05) is 18.3 Å². The molecule has 92 valence electrons. The van der Waals surface area contributed by atoms with Gasteiger partial charge in [0.1, 0.15) is 0 Å². The summed E-state index contributed by atoms with van der Waals surface area (Å²) in [4.78, 5) is 0. The van der Waals surface area contributed by atoms with Crippen LogP contribution < -0.4 is 10.6 Å². The number of fused-ring (bicyclic) bond motifs is 1. The minimum atomic E-state index is 0.622. The number of hydrogen-bond acceptors (Lipinski definition) is 2. The van der Waals surface area contributed by atoms with Crippen molar-refractivity contribution in [2.75, 3.05) is 18.4 Å². The number of benzene rings is 1. The van der Waals surface area contributed by atoms with Gasteiger partial charge in [-0.2, -0.15) is 0 Å². The van der Waals surface area contributed by atoms with E-state index >= 15 is 0 Å². The highest BCUT2D eigenvalue weighted by atomic mass is 15.0. The number of nitrogens with one attached hydrogen (secondary N) is 2. The molecule has 1 aliphatic carbocycles. The van der Waals surface area contributed by atoms with Crippen LogP contribution in [0.5, 0.6) is 0 Å². The van der Waals surface area contributed by atoms with Crippen molar-refractivity contribution in [3.05, 3.63) is 29.3 Å². The van der Waals surface area contributed by atoms with Gasteiger partial charge in [-0.05, 0) is 62.3 Å². The summed E-state index contributed by atoms with van der Waals surface area (Å²) in [5, 5.41) is 7.22. The standard InChI is InChI=1S/C15H22N2/c1-2-8-14-12(5-1)6-3-9-15(14)17-13-7-4-10-16-11-13/h3,6,9,13,16-17H,1-2,4-5,7-8,10-11H2. The summed E-state index contributed by atoms with van der Waals surface area (Å²) in [6.07, 6.45) is 7.85. The molecule has 2 nitrogen and oxygen atoms in total. The highest BCUT2D eigenvalue weighted by molar-refractivity contribution is 5.56. The fraction of sp³-hybridized carbons (Fsp3) is 0.600. The largest absolute Gasteiger partial charge is 0.381 e. The quantitative estimate of drug-likeness (QED) is 0.816. The third kappa shape index (κ3) is 2.47. The molecule has 0 aromatic heterocycles. The van der Waals surface area contributed by atoms with Crippen molar-refractivity contribution in [1.82, 2.24) is 5.32 Å². The zero-order valence-corrected chi connectivity index (χ0v) is 10.5. The van der Waals surface area contributed by atoms with E-state index in [1.165, 1.54) is 50.8 Å². The van der Waals surface area contributed by atoms with Gasteiger partial charge >= 0.3 is 0 Å². The van der Waals surface area contributed by atoms with Crippen LogP contribution in [0.1, 0.15) is 36.8 Å². The number of rotatable bonds is 2. The second kappa shape index (κ2) is 5.09. The number of piperidine rings is 1. The Morgan fingerprint density at radius 3 is 2.94 bits per heavy atom. The van der Waals surface area contributed by atoms with Gasteiger partial charge in [-0.15, -0.1) is 0 Å². The Morgan fingerprint density at radius 2 is 2.06 bits per heavy atom. The molecule has 1 fully saturated rings. The van der Waals surface area contributed by atoms with E-state index < -0.39 is 0 Å². The first-order valence-corrected chi connectivity index (χ1v) is 7.01. The summed E-state index contributed by atoms with van der Waals surface area (Å²) < 4.78 is 0. The average Bonchev–Trinajstić information content (AvgIpc) is 2.40. The Hall–Kier alpha value is -1.02. The average molecular weight is 230 g/mol. The molecule has 1 aliphatic heterocycles. The van der Waals surface area contributed by atoms with Crippen molar-refractivity contribution >= 4 is 5.69 Å². The third-order valence-electron chi connectivity index (χ3n) is 4.05. The van der Waals surface area contributed by atoms with Crippen LogP contribution >= 0.6 is 0 Å². The fourth-order valence-corrected chi connectivity index (χ4v) is 3.11. The van der Waals surface area contributed by atoms with Crippen LogP contribution in [0, 0.1) is 0 Å². The summed E-state index contributed by atoms with van der Waals surface area (Å²) in [6, 6.07) is 7.40. The van der Waals surface area contributed by atoms with Gasteiger partial charge in [0.15, 0.2) is 0 Å². The molecule has 0 saturated carbocycles. The van der Waals surface area contributed by atoms with Gasteiger partial charge in [-0.25, -0.2) is 0 Å². The lowest BCUT2D eigenvalue weighted by Crippen LogP contribution is -2.38. The molecular formula is C15H22N2. The molecule has 17 heavy (non-hydrogen) atoms. The van der Waals surface area contributed by atoms with Gasteiger partial charge in [0.25, 0.3) is 0 Å². The highest BCUT2D eigenvalue weighted by Crippen LogP contribution is 2.28. The molecule has 2 N–H and O–H groups in total. The summed E-state index contributed by atoms with van der Waals surface area (Å²) in [5.74, 6) is 0. The van der Waals surface area contributed by atoms with Crippen LogP contribution in [0.4, 0.5) is 5.69 Å². The van der Waals surface area contributed by atoms with E-state index in [0.29, 0.717) is 6.04 Å². The molecular weight excluding hydrogens is 208 g/mol. The fourth-order valence-electron chi connectivity index (χ4n) is 3.11. The molecule has 1 heterocycles. The molecule has 2 aliphatic rings. The van der Waals surface area contributed by atoms with Gasteiger partial charge in [0.05, 0.1) is 0 Å². The molecule has 0 bridgehead atoms. The van der Waals surface area contributed by atoms with Gasteiger partial charge < -0.3 is 10.6 Å². The Bertz CT molecular complexity index is 381. The number of aryl methyl sites for hydroxylation is 1. The minimum absolute atomic E-state index is 0.622. The van der Waals surface area contributed by atoms with Crippen LogP contribution in [0.3, 0.4) is 0 Å². The topological polar surface area (TPSA) is 24.1 Å². The zero-order chi connectivity index (χ0) is 11.5.